The Bertz CT molecular complexity index is 231. The van der Waals surface area contributed by atoms with Gasteiger partial charge in [-0.25, -0.2) is 0 Å². The number of aryl methyl sites for hydroxylation is 1. The first-order valence-corrected chi connectivity index (χ1v) is 4.27. The quantitative estimate of drug-likeness (QED) is 0.705. The predicted molar refractivity (Wildman–Crippen MR) is 47.5 cm³/mol. The highest BCUT2D eigenvalue weighted by Crippen LogP contribution is 2.07. The van der Waals surface area contributed by atoms with Gasteiger partial charge in [-0.15, -0.1) is 5.10 Å². The molecule has 12 heavy (non-hydrogen) atoms. The molecule has 1 atom stereocenters. The van der Waals surface area contributed by atoms with Gasteiger partial charge in [-0.3, -0.25) is 4.68 Å². The standard InChI is InChI=1S/C8H16N4/c1-7(3-4-9)5-8-6-12(2)11-10-8/h6-7H,3-5,9H2,1-2H3. The second kappa shape index (κ2) is 4.21. The summed E-state index contributed by atoms with van der Waals surface area (Å²) in [5.74, 6) is 0.603. The van der Waals surface area contributed by atoms with E-state index >= 15 is 0 Å². The van der Waals surface area contributed by atoms with Crippen LogP contribution >= 0.6 is 0 Å². The van der Waals surface area contributed by atoms with Crippen LogP contribution in [0.2, 0.25) is 0 Å². The smallest absolute Gasteiger partial charge is 0.0829 e. The molecule has 0 spiro atoms. The fourth-order valence-electron chi connectivity index (χ4n) is 1.23. The van der Waals surface area contributed by atoms with Gasteiger partial charge < -0.3 is 5.73 Å². The van der Waals surface area contributed by atoms with E-state index in [2.05, 4.69) is 17.2 Å². The maximum Gasteiger partial charge on any atom is 0.0829 e. The van der Waals surface area contributed by atoms with Gasteiger partial charge >= 0.3 is 0 Å². The minimum atomic E-state index is 0.603. The molecule has 0 aliphatic carbocycles. The van der Waals surface area contributed by atoms with Gasteiger partial charge in [0.05, 0.1) is 5.69 Å². The fourth-order valence-corrected chi connectivity index (χ4v) is 1.23. The van der Waals surface area contributed by atoms with Crippen LogP contribution in [0.4, 0.5) is 0 Å². The molecule has 1 unspecified atom stereocenters. The van der Waals surface area contributed by atoms with Crippen molar-refractivity contribution in [2.45, 2.75) is 19.8 Å². The molecule has 1 aromatic rings. The molecule has 1 rings (SSSR count). The molecule has 1 heterocycles. The Kier molecular flexibility index (Phi) is 3.22. The van der Waals surface area contributed by atoms with Gasteiger partial charge in [0.2, 0.25) is 0 Å². The molecule has 0 aliphatic rings. The van der Waals surface area contributed by atoms with Gasteiger partial charge in [-0.1, -0.05) is 12.1 Å². The molecule has 4 nitrogen and oxygen atoms in total. The lowest BCUT2D eigenvalue weighted by atomic mass is 10.0. The summed E-state index contributed by atoms with van der Waals surface area (Å²) >= 11 is 0. The lowest BCUT2D eigenvalue weighted by molar-refractivity contribution is 0.531. The molecule has 0 saturated carbocycles. The Hall–Kier alpha value is -0.900. The molecule has 0 amide bonds. The highest BCUT2D eigenvalue weighted by atomic mass is 15.4. The summed E-state index contributed by atoms with van der Waals surface area (Å²) in [4.78, 5) is 0. The summed E-state index contributed by atoms with van der Waals surface area (Å²) in [7, 11) is 1.88. The van der Waals surface area contributed by atoms with E-state index in [1.54, 1.807) is 4.68 Å². The van der Waals surface area contributed by atoms with Gasteiger partial charge in [-0.05, 0) is 25.3 Å². The number of aromatic nitrogens is 3. The average molecular weight is 168 g/mol. The van der Waals surface area contributed by atoms with Gasteiger partial charge in [-0.2, -0.15) is 0 Å². The summed E-state index contributed by atoms with van der Waals surface area (Å²) in [5.41, 5.74) is 6.50. The van der Waals surface area contributed by atoms with Crippen molar-refractivity contribution in [3.05, 3.63) is 11.9 Å². The number of hydrogen-bond acceptors (Lipinski definition) is 3. The molecule has 2 N–H and O–H groups in total. The van der Waals surface area contributed by atoms with E-state index in [9.17, 15) is 0 Å². The fraction of sp³-hybridized carbons (Fsp3) is 0.750. The van der Waals surface area contributed by atoms with Crippen LogP contribution in [0.3, 0.4) is 0 Å². The van der Waals surface area contributed by atoms with E-state index in [1.165, 1.54) is 0 Å². The van der Waals surface area contributed by atoms with E-state index < -0.39 is 0 Å². The second-order valence-electron chi connectivity index (χ2n) is 3.27. The molecule has 0 aliphatic heterocycles. The highest BCUT2D eigenvalue weighted by Gasteiger charge is 2.04. The molecule has 0 saturated heterocycles. The number of rotatable bonds is 4. The van der Waals surface area contributed by atoms with Crippen molar-refractivity contribution in [3.8, 4) is 0 Å². The van der Waals surface area contributed by atoms with E-state index in [0.717, 1.165) is 25.1 Å². The third-order valence-electron chi connectivity index (χ3n) is 1.87. The molecule has 0 radical (unpaired) electrons. The first-order chi connectivity index (χ1) is 5.72. The van der Waals surface area contributed by atoms with Crippen molar-refractivity contribution in [2.24, 2.45) is 18.7 Å². The van der Waals surface area contributed by atoms with Crippen LogP contribution in [0.25, 0.3) is 0 Å². The van der Waals surface area contributed by atoms with Gasteiger partial charge in [0.1, 0.15) is 0 Å². The average Bonchev–Trinajstić information content (AvgIpc) is 2.36. The van der Waals surface area contributed by atoms with Crippen LogP contribution in [0, 0.1) is 5.92 Å². The van der Waals surface area contributed by atoms with Crippen molar-refractivity contribution >= 4 is 0 Å². The third-order valence-corrected chi connectivity index (χ3v) is 1.87. The zero-order valence-electron chi connectivity index (χ0n) is 7.70. The van der Waals surface area contributed by atoms with E-state index in [-0.39, 0.29) is 0 Å². The van der Waals surface area contributed by atoms with Gasteiger partial charge in [0, 0.05) is 13.2 Å². The number of nitrogens with zero attached hydrogens (tertiary/aromatic N) is 3. The normalized spacial score (nSPS) is 13.2. The summed E-state index contributed by atoms with van der Waals surface area (Å²) in [6, 6.07) is 0. The molecule has 1 aromatic heterocycles. The first kappa shape index (κ1) is 9.19. The molecular weight excluding hydrogens is 152 g/mol. The Morgan fingerprint density at radius 1 is 1.67 bits per heavy atom. The van der Waals surface area contributed by atoms with Crippen molar-refractivity contribution in [2.75, 3.05) is 6.54 Å². The summed E-state index contributed by atoms with van der Waals surface area (Å²) < 4.78 is 1.73. The van der Waals surface area contributed by atoms with E-state index in [0.29, 0.717) is 5.92 Å². The van der Waals surface area contributed by atoms with Crippen LogP contribution < -0.4 is 5.73 Å². The molecule has 68 valence electrons. The minimum absolute atomic E-state index is 0.603. The largest absolute Gasteiger partial charge is 0.330 e. The van der Waals surface area contributed by atoms with Crippen LogP contribution in [-0.4, -0.2) is 21.5 Å². The van der Waals surface area contributed by atoms with Crippen molar-refractivity contribution in [3.63, 3.8) is 0 Å². The molecular formula is C8H16N4. The lowest BCUT2D eigenvalue weighted by Crippen LogP contribution is -2.08. The summed E-state index contributed by atoms with van der Waals surface area (Å²) in [6.45, 7) is 2.93. The SMILES string of the molecule is CC(CCN)Cc1cn(C)nn1. The highest BCUT2D eigenvalue weighted by molar-refractivity contribution is 4.93. The monoisotopic (exact) mass is 168 g/mol. The Labute approximate surface area is 72.8 Å². The topological polar surface area (TPSA) is 56.7 Å². The predicted octanol–water partition coefficient (Wildman–Crippen LogP) is 0.342. The van der Waals surface area contributed by atoms with Crippen molar-refractivity contribution in [1.29, 1.82) is 0 Å². The summed E-state index contributed by atoms with van der Waals surface area (Å²) in [5, 5.41) is 7.88. The number of nitrogens with two attached hydrogens (primary N) is 1. The Morgan fingerprint density at radius 2 is 2.42 bits per heavy atom. The zero-order valence-corrected chi connectivity index (χ0v) is 7.70. The van der Waals surface area contributed by atoms with Gasteiger partial charge in [0.25, 0.3) is 0 Å². The maximum absolute atomic E-state index is 5.45. The first-order valence-electron chi connectivity index (χ1n) is 4.27. The molecule has 4 heteroatoms. The molecule has 0 aromatic carbocycles. The van der Waals surface area contributed by atoms with Gasteiger partial charge in [0.15, 0.2) is 0 Å². The van der Waals surface area contributed by atoms with E-state index in [1.807, 2.05) is 13.2 Å². The van der Waals surface area contributed by atoms with Crippen molar-refractivity contribution in [1.82, 2.24) is 15.0 Å². The molecule has 0 fully saturated rings. The zero-order chi connectivity index (χ0) is 8.97. The number of hydrogen-bond donors (Lipinski definition) is 1. The van der Waals surface area contributed by atoms with Crippen LogP contribution in [0.15, 0.2) is 6.20 Å². The van der Waals surface area contributed by atoms with Crippen LogP contribution in [0.5, 0.6) is 0 Å². The van der Waals surface area contributed by atoms with Crippen LogP contribution in [-0.2, 0) is 13.5 Å². The Morgan fingerprint density at radius 3 is 2.92 bits per heavy atom. The molecule has 0 bridgehead atoms. The van der Waals surface area contributed by atoms with Crippen LogP contribution in [0.1, 0.15) is 19.0 Å². The Balaban J connectivity index is 2.41. The second-order valence-corrected chi connectivity index (χ2v) is 3.27. The lowest BCUT2D eigenvalue weighted by Gasteiger charge is -2.05. The minimum Gasteiger partial charge on any atom is -0.330 e. The van der Waals surface area contributed by atoms with Crippen molar-refractivity contribution < 1.29 is 0 Å². The van der Waals surface area contributed by atoms with E-state index in [4.69, 9.17) is 5.73 Å². The summed E-state index contributed by atoms with van der Waals surface area (Å²) in [6.07, 6.45) is 3.98. The third kappa shape index (κ3) is 2.62. The maximum atomic E-state index is 5.45.